The molecule has 3 unspecified atom stereocenters. The average molecular weight is 552 g/mol. The number of aryl methyl sites for hydroxylation is 2. The van der Waals surface area contributed by atoms with Gasteiger partial charge in [0.1, 0.15) is 0 Å². The number of likely N-dealkylation sites (tertiary alicyclic amines) is 1. The maximum Gasteiger partial charge on any atom is 0.490 e. The number of alkyl halides is 3. The highest BCUT2D eigenvalue weighted by molar-refractivity contribution is 5.89. The molecule has 0 spiro atoms. The van der Waals surface area contributed by atoms with Crippen LogP contribution >= 0.6 is 0 Å². The van der Waals surface area contributed by atoms with Crippen molar-refractivity contribution < 1.29 is 37.3 Å². The summed E-state index contributed by atoms with van der Waals surface area (Å²) in [6.45, 7) is 5.14. The number of anilines is 1. The number of ether oxygens (including phenoxy) is 2. The molecule has 2 fully saturated rings. The van der Waals surface area contributed by atoms with Crippen molar-refractivity contribution in [3.8, 4) is 11.5 Å². The third-order valence-corrected chi connectivity index (χ3v) is 7.54. The number of fused-ring (bicyclic) bond motifs is 1. The Morgan fingerprint density at radius 2 is 1.64 bits per heavy atom. The van der Waals surface area contributed by atoms with E-state index in [9.17, 15) is 18.0 Å². The van der Waals surface area contributed by atoms with Crippen molar-refractivity contribution in [1.29, 1.82) is 0 Å². The third-order valence-electron chi connectivity index (χ3n) is 7.54. The first kappa shape index (κ1) is 30.1. The van der Waals surface area contributed by atoms with Gasteiger partial charge in [0.2, 0.25) is 0 Å². The lowest BCUT2D eigenvalue weighted by Gasteiger charge is -2.45. The van der Waals surface area contributed by atoms with Crippen LogP contribution in [-0.2, 0) is 10.2 Å². The van der Waals surface area contributed by atoms with Gasteiger partial charge >= 0.3 is 18.2 Å². The lowest BCUT2D eigenvalue weighted by Crippen LogP contribution is -2.52. The fraction of sp³-hybridized carbons (Fsp3) is 0.500. The number of benzene rings is 2. The molecule has 8 nitrogen and oxygen atoms in total. The summed E-state index contributed by atoms with van der Waals surface area (Å²) in [7, 11) is 5.56. The molecule has 214 valence electrons. The van der Waals surface area contributed by atoms with E-state index in [4.69, 9.17) is 19.4 Å². The Morgan fingerprint density at radius 1 is 1.03 bits per heavy atom. The molecule has 0 aromatic heterocycles. The highest BCUT2D eigenvalue weighted by Crippen LogP contribution is 2.49. The first-order valence-corrected chi connectivity index (χ1v) is 12.7. The maximum atomic E-state index is 12.7. The standard InChI is InChI=1S/C26H35N3O3.C2HF3O2/c1-17-12-18(2)14-21(13-17)28-25(30)27-20-8-9-26(10-11-29(3)24(26)16-20)19-6-7-22(31-4)23(15-19)32-5;3-2(4,5)1(6)7/h6-7,12-15,20,24H,8-11,16H2,1-5H3,(H2,27,28,30);(H,6,7). The Bertz CT molecular complexity index is 1170. The summed E-state index contributed by atoms with van der Waals surface area (Å²) in [6, 6.07) is 12.9. The fourth-order valence-electron chi connectivity index (χ4n) is 5.79. The normalized spacial score (nSPS) is 22.7. The number of hydrogen-bond acceptors (Lipinski definition) is 5. The molecule has 3 N–H and O–H groups in total. The SMILES string of the molecule is COc1ccc(C23CCC(NC(=O)Nc4cc(C)cc(C)c4)CC2N(C)CC3)cc1OC.O=C(O)C(F)(F)F. The summed E-state index contributed by atoms with van der Waals surface area (Å²) >= 11 is 0. The molecule has 0 bridgehead atoms. The van der Waals surface area contributed by atoms with Crippen LogP contribution in [-0.4, -0.2) is 68.1 Å². The molecule has 1 heterocycles. The Kier molecular flexibility index (Phi) is 9.37. The minimum absolute atomic E-state index is 0.0800. The van der Waals surface area contributed by atoms with Crippen LogP contribution in [0.1, 0.15) is 42.4 Å². The van der Waals surface area contributed by atoms with Gasteiger partial charge in [-0.2, -0.15) is 13.2 Å². The number of carbonyl (C=O) groups excluding carboxylic acids is 1. The Morgan fingerprint density at radius 3 is 2.21 bits per heavy atom. The van der Waals surface area contributed by atoms with Crippen molar-refractivity contribution in [2.45, 2.75) is 63.2 Å². The summed E-state index contributed by atoms with van der Waals surface area (Å²) in [6.07, 6.45) is -1.04. The molecule has 2 aliphatic rings. The number of halogens is 3. The second-order valence-electron chi connectivity index (χ2n) is 10.2. The van der Waals surface area contributed by atoms with Gasteiger partial charge in [0.25, 0.3) is 0 Å². The number of nitrogens with zero attached hydrogens (tertiary/aromatic N) is 1. The molecule has 1 aliphatic carbocycles. The van der Waals surface area contributed by atoms with Gasteiger partial charge in [-0.3, -0.25) is 0 Å². The van der Waals surface area contributed by atoms with Crippen molar-refractivity contribution in [3.63, 3.8) is 0 Å². The van der Waals surface area contributed by atoms with E-state index >= 15 is 0 Å². The monoisotopic (exact) mass is 551 g/mol. The molecular formula is C28H36F3N3O5. The van der Waals surface area contributed by atoms with Crippen LogP contribution in [0.3, 0.4) is 0 Å². The van der Waals surface area contributed by atoms with E-state index in [0.717, 1.165) is 60.5 Å². The van der Waals surface area contributed by atoms with Gasteiger partial charge in [0.05, 0.1) is 14.2 Å². The summed E-state index contributed by atoms with van der Waals surface area (Å²) < 4.78 is 42.8. The first-order valence-electron chi connectivity index (χ1n) is 12.7. The van der Waals surface area contributed by atoms with Gasteiger partial charge in [0.15, 0.2) is 11.5 Å². The van der Waals surface area contributed by atoms with Crippen molar-refractivity contribution in [2.75, 3.05) is 33.1 Å². The average Bonchev–Trinajstić information content (AvgIpc) is 3.19. The van der Waals surface area contributed by atoms with Crippen LogP contribution < -0.4 is 20.1 Å². The van der Waals surface area contributed by atoms with Crippen LogP contribution in [0.5, 0.6) is 11.5 Å². The van der Waals surface area contributed by atoms with Crippen LogP contribution in [0.4, 0.5) is 23.7 Å². The van der Waals surface area contributed by atoms with E-state index in [-0.39, 0.29) is 17.5 Å². The van der Waals surface area contributed by atoms with Gasteiger partial charge in [-0.1, -0.05) is 12.1 Å². The number of nitrogens with one attached hydrogen (secondary N) is 2. The minimum Gasteiger partial charge on any atom is -0.493 e. The molecule has 2 amide bonds. The van der Waals surface area contributed by atoms with Crippen LogP contribution in [0.25, 0.3) is 0 Å². The molecule has 1 saturated carbocycles. The molecule has 2 aromatic rings. The zero-order chi connectivity index (χ0) is 29.0. The highest BCUT2D eigenvalue weighted by atomic mass is 19.4. The van der Waals surface area contributed by atoms with E-state index in [2.05, 4.69) is 40.8 Å². The second-order valence-corrected chi connectivity index (χ2v) is 10.2. The van der Waals surface area contributed by atoms with E-state index in [1.807, 2.05) is 32.0 Å². The number of aliphatic carboxylic acids is 1. The zero-order valence-electron chi connectivity index (χ0n) is 22.8. The van der Waals surface area contributed by atoms with E-state index in [1.165, 1.54) is 5.56 Å². The number of methoxy groups -OCH3 is 2. The first-order chi connectivity index (χ1) is 18.3. The summed E-state index contributed by atoms with van der Waals surface area (Å²) in [4.78, 5) is 24.1. The molecule has 39 heavy (non-hydrogen) atoms. The Hall–Kier alpha value is -3.47. The number of carboxylic acid groups (broad SMARTS) is 1. The minimum atomic E-state index is -5.08. The number of carboxylic acids is 1. The number of hydrogen-bond donors (Lipinski definition) is 3. The second kappa shape index (κ2) is 12.1. The molecule has 1 aliphatic heterocycles. The molecular weight excluding hydrogens is 515 g/mol. The Balaban J connectivity index is 0.000000532. The molecule has 4 rings (SSSR count). The van der Waals surface area contributed by atoms with Crippen LogP contribution in [0.2, 0.25) is 0 Å². The van der Waals surface area contributed by atoms with E-state index in [0.29, 0.717) is 6.04 Å². The zero-order valence-corrected chi connectivity index (χ0v) is 22.8. The van der Waals surface area contributed by atoms with Gasteiger partial charge < -0.3 is 30.1 Å². The van der Waals surface area contributed by atoms with Crippen molar-refractivity contribution >= 4 is 17.7 Å². The van der Waals surface area contributed by atoms with Gasteiger partial charge in [0, 0.05) is 23.2 Å². The lowest BCUT2D eigenvalue weighted by atomic mass is 9.65. The highest BCUT2D eigenvalue weighted by Gasteiger charge is 2.50. The summed E-state index contributed by atoms with van der Waals surface area (Å²) in [5.74, 6) is -1.22. The quantitative estimate of drug-likeness (QED) is 0.468. The van der Waals surface area contributed by atoms with Gasteiger partial charge in [-0.05, 0) is 94.1 Å². The van der Waals surface area contributed by atoms with Crippen molar-refractivity contribution in [2.24, 2.45) is 0 Å². The number of urea groups is 1. The predicted octanol–water partition coefficient (Wildman–Crippen LogP) is 5.27. The third kappa shape index (κ3) is 7.14. The van der Waals surface area contributed by atoms with E-state index < -0.39 is 12.1 Å². The van der Waals surface area contributed by atoms with Crippen molar-refractivity contribution in [3.05, 3.63) is 53.1 Å². The van der Waals surface area contributed by atoms with Crippen LogP contribution in [0, 0.1) is 13.8 Å². The molecule has 3 atom stereocenters. The number of likely N-dealkylation sites (N-methyl/N-ethyl adjacent to an activating group) is 1. The molecule has 1 saturated heterocycles. The molecule has 0 radical (unpaired) electrons. The van der Waals surface area contributed by atoms with Gasteiger partial charge in [-0.15, -0.1) is 0 Å². The summed E-state index contributed by atoms with van der Waals surface area (Å²) in [5.41, 5.74) is 4.52. The fourth-order valence-corrected chi connectivity index (χ4v) is 5.79. The summed E-state index contributed by atoms with van der Waals surface area (Å²) in [5, 5.41) is 13.4. The number of carbonyl (C=O) groups is 2. The number of amides is 2. The van der Waals surface area contributed by atoms with E-state index in [1.54, 1.807) is 14.2 Å². The Labute approximate surface area is 226 Å². The maximum absolute atomic E-state index is 12.7. The van der Waals surface area contributed by atoms with Gasteiger partial charge in [-0.25, -0.2) is 9.59 Å². The predicted molar refractivity (Wildman–Crippen MR) is 142 cm³/mol. The smallest absolute Gasteiger partial charge is 0.490 e. The largest absolute Gasteiger partial charge is 0.493 e. The topological polar surface area (TPSA) is 100 Å². The lowest BCUT2D eigenvalue weighted by molar-refractivity contribution is -0.192. The van der Waals surface area contributed by atoms with Crippen molar-refractivity contribution in [1.82, 2.24) is 10.2 Å². The molecule has 2 aromatic carbocycles. The van der Waals surface area contributed by atoms with Crippen LogP contribution in [0.15, 0.2) is 36.4 Å². The number of rotatable bonds is 5. The molecule has 11 heteroatoms.